The van der Waals surface area contributed by atoms with Crippen LogP contribution in [0.4, 0.5) is 0 Å². The molecule has 0 aliphatic carbocycles. The van der Waals surface area contributed by atoms with Gasteiger partial charge in [-0.25, -0.2) is 0 Å². The van der Waals surface area contributed by atoms with Gasteiger partial charge in [-0.05, 0) is 76.4 Å². The molecule has 5 atom stereocenters. The number of aryl methyl sites for hydroxylation is 1. The summed E-state index contributed by atoms with van der Waals surface area (Å²) in [6, 6.07) is 16.4. The number of hydrogen-bond acceptors (Lipinski definition) is 5. The molecule has 5 nitrogen and oxygen atoms in total. The van der Waals surface area contributed by atoms with Gasteiger partial charge in [0, 0.05) is 18.5 Å². The zero-order chi connectivity index (χ0) is 22.9. The second-order valence-corrected chi connectivity index (χ2v) is 10.1. The number of aliphatic hydroxyl groups is 2. The second kappa shape index (κ2) is 9.14. The van der Waals surface area contributed by atoms with Crippen LogP contribution in [-0.2, 0) is 12.0 Å². The standard InChI is InChI=1S/C27H38N2O3/c1-19-7-11-21(12-8-19)27(3,31)24-6-5-17-29(24)23-15-16-28-25(23)26(2,30)18-20-9-13-22(32-4)14-10-20/h7-14,23-25,28,30-31H,5-6,15-18H2,1-4H3/t23?,24-,25-,26+,27+/m0/s1. The first-order chi connectivity index (χ1) is 15.2. The molecule has 2 aromatic rings. The molecule has 5 heteroatoms. The molecule has 3 N–H and O–H groups in total. The number of methoxy groups -OCH3 is 1. The molecular weight excluding hydrogens is 400 g/mol. The number of nitrogens with one attached hydrogen (secondary N) is 1. The van der Waals surface area contributed by atoms with Crippen molar-refractivity contribution in [2.45, 2.75) is 75.8 Å². The average molecular weight is 439 g/mol. The van der Waals surface area contributed by atoms with Gasteiger partial charge in [-0.1, -0.05) is 42.0 Å². The molecule has 0 spiro atoms. The van der Waals surface area contributed by atoms with Gasteiger partial charge < -0.3 is 20.3 Å². The summed E-state index contributed by atoms with van der Waals surface area (Å²) < 4.78 is 5.27. The highest BCUT2D eigenvalue weighted by atomic mass is 16.5. The molecule has 0 radical (unpaired) electrons. The van der Waals surface area contributed by atoms with E-state index < -0.39 is 11.2 Å². The zero-order valence-electron chi connectivity index (χ0n) is 19.8. The highest BCUT2D eigenvalue weighted by Gasteiger charge is 2.49. The van der Waals surface area contributed by atoms with Gasteiger partial charge in [-0.2, -0.15) is 0 Å². The third-order valence-electron chi connectivity index (χ3n) is 7.59. The van der Waals surface area contributed by atoms with Crippen LogP contribution in [0.25, 0.3) is 0 Å². The van der Waals surface area contributed by atoms with E-state index in [9.17, 15) is 10.2 Å². The maximum absolute atomic E-state index is 11.6. The third-order valence-corrected chi connectivity index (χ3v) is 7.59. The molecule has 0 amide bonds. The number of likely N-dealkylation sites (tertiary alicyclic amines) is 1. The first kappa shape index (κ1) is 23.2. The van der Waals surface area contributed by atoms with Crippen molar-refractivity contribution in [3.63, 3.8) is 0 Å². The molecular formula is C27H38N2O3. The molecule has 0 bridgehead atoms. The lowest BCUT2D eigenvalue weighted by atomic mass is 9.82. The summed E-state index contributed by atoms with van der Waals surface area (Å²) in [6.07, 6.45) is 3.57. The molecule has 174 valence electrons. The number of hydrogen-bond donors (Lipinski definition) is 3. The number of benzene rings is 2. The minimum atomic E-state index is -0.931. The van der Waals surface area contributed by atoms with Crippen LogP contribution in [0.15, 0.2) is 48.5 Å². The highest BCUT2D eigenvalue weighted by Crippen LogP contribution is 2.39. The van der Waals surface area contributed by atoms with E-state index in [0.29, 0.717) is 6.42 Å². The summed E-state index contributed by atoms with van der Waals surface area (Å²) in [5.74, 6) is 0.823. The molecule has 4 rings (SSSR count). The Morgan fingerprint density at radius 1 is 1.03 bits per heavy atom. The Hall–Kier alpha value is -1.92. The van der Waals surface area contributed by atoms with Crippen LogP contribution < -0.4 is 10.1 Å². The van der Waals surface area contributed by atoms with Gasteiger partial charge in [-0.3, -0.25) is 4.90 Å². The van der Waals surface area contributed by atoms with E-state index in [1.807, 2.05) is 38.1 Å². The summed E-state index contributed by atoms with van der Waals surface area (Å²) >= 11 is 0. The lowest BCUT2D eigenvalue weighted by Crippen LogP contribution is -2.60. The van der Waals surface area contributed by atoms with Gasteiger partial charge in [0.2, 0.25) is 0 Å². The summed E-state index contributed by atoms with van der Waals surface area (Å²) in [5, 5.41) is 26.8. The smallest absolute Gasteiger partial charge is 0.118 e. The van der Waals surface area contributed by atoms with Crippen LogP contribution in [0.3, 0.4) is 0 Å². The molecule has 32 heavy (non-hydrogen) atoms. The van der Waals surface area contributed by atoms with Gasteiger partial charge in [-0.15, -0.1) is 0 Å². The van der Waals surface area contributed by atoms with Crippen LogP contribution in [0.5, 0.6) is 5.75 Å². The fraction of sp³-hybridized carbons (Fsp3) is 0.556. The minimum Gasteiger partial charge on any atom is -0.497 e. The van der Waals surface area contributed by atoms with Gasteiger partial charge in [0.15, 0.2) is 0 Å². The predicted molar refractivity (Wildman–Crippen MR) is 128 cm³/mol. The molecule has 2 heterocycles. The normalized spacial score (nSPS) is 27.8. The predicted octanol–water partition coefficient (Wildman–Crippen LogP) is 3.40. The number of nitrogens with zero attached hydrogens (tertiary/aromatic N) is 1. The van der Waals surface area contributed by atoms with Crippen molar-refractivity contribution in [3.8, 4) is 5.75 Å². The SMILES string of the molecule is COc1ccc(C[C@@](C)(O)[C@H]2NCCC2N2CCC[C@H]2[C@](C)(O)c2ccc(C)cc2)cc1. The van der Waals surface area contributed by atoms with Crippen molar-refractivity contribution < 1.29 is 14.9 Å². The summed E-state index contributed by atoms with van der Waals surface area (Å²) in [6.45, 7) is 7.79. The van der Waals surface area contributed by atoms with Crippen molar-refractivity contribution in [2.24, 2.45) is 0 Å². The fourth-order valence-corrected chi connectivity index (χ4v) is 5.82. The van der Waals surface area contributed by atoms with Crippen LogP contribution in [0.2, 0.25) is 0 Å². The zero-order valence-corrected chi connectivity index (χ0v) is 19.8. The first-order valence-electron chi connectivity index (χ1n) is 11.9. The van der Waals surface area contributed by atoms with Crippen molar-refractivity contribution >= 4 is 0 Å². The van der Waals surface area contributed by atoms with Crippen LogP contribution in [0.1, 0.15) is 49.8 Å². The maximum Gasteiger partial charge on any atom is 0.118 e. The molecule has 2 saturated heterocycles. The fourth-order valence-electron chi connectivity index (χ4n) is 5.82. The quantitative estimate of drug-likeness (QED) is 0.618. The van der Waals surface area contributed by atoms with Crippen molar-refractivity contribution in [1.29, 1.82) is 0 Å². The van der Waals surface area contributed by atoms with E-state index in [1.54, 1.807) is 7.11 Å². The van der Waals surface area contributed by atoms with Crippen LogP contribution in [0, 0.1) is 6.92 Å². The first-order valence-corrected chi connectivity index (χ1v) is 11.9. The Morgan fingerprint density at radius 2 is 1.72 bits per heavy atom. The van der Waals surface area contributed by atoms with Gasteiger partial charge in [0.1, 0.15) is 11.4 Å². The topological polar surface area (TPSA) is 65.0 Å². The third kappa shape index (κ3) is 4.58. The van der Waals surface area contributed by atoms with E-state index in [0.717, 1.165) is 49.2 Å². The Labute approximate surface area is 192 Å². The monoisotopic (exact) mass is 438 g/mol. The lowest BCUT2D eigenvalue weighted by Gasteiger charge is -2.44. The summed E-state index contributed by atoms with van der Waals surface area (Å²) in [5.41, 5.74) is 1.42. The highest BCUT2D eigenvalue weighted by molar-refractivity contribution is 5.30. The van der Waals surface area contributed by atoms with E-state index in [-0.39, 0.29) is 18.1 Å². The average Bonchev–Trinajstić information content (AvgIpc) is 3.44. The van der Waals surface area contributed by atoms with E-state index in [4.69, 9.17) is 4.74 Å². The minimum absolute atomic E-state index is 0.0365. The largest absolute Gasteiger partial charge is 0.497 e. The van der Waals surface area contributed by atoms with Gasteiger partial charge in [0.05, 0.1) is 18.8 Å². The molecule has 2 aliphatic rings. The molecule has 0 saturated carbocycles. The molecule has 1 unspecified atom stereocenters. The van der Waals surface area contributed by atoms with Crippen LogP contribution >= 0.6 is 0 Å². The van der Waals surface area contributed by atoms with E-state index in [1.165, 1.54) is 5.56 Å². The number of rotatable bonds is 7. The summed E-state index contributed by atoms with van der Waals surface area (Å²) in [4.78, 5) is 2.47. The molecule has 2 aliphatic heterocycles. The molecule has 2 fully saturated rings. The Bertz CT molecular complexity index is 892. The second-order valence-electron chi connectivity index (χ2n) is 10.1. The van der Waals surface area contributed by atoms with Gasteiger partial charge >= 0.3 is 0 Å². The number of ether oxygens (including phenoxy) is 1. The van der Waals surface area contributed by atoms with E-state index in [2.05, 4.69) is 41.4 Å². The van der Waals surface area contributed by atoms with Crippen molar-refractivity contribution in [3.05, 3.63) is 65.2 Å². The molecule has 0 aromatic heterocycles. The Balaban J connectivity index is 1.54. The lowest BCUT2D eigenvalue weighted by molar-refractivity contribution is -0.0576. The van der Waals surface area contributed by atoms with Crippen molar-refractivity contribution in [2.75, 3.05) is 20.2 Å². The van der Waals surface area contributed by atoms with Crippen LogP contribution in [-0.4, -0.2) is 59.0 Å². The van der Waals surface area contributed by atoms with E-state index >= 15 is 0 Å². The maximum atomic E-state index is 11.6. The Kier molecular flexibility index (Phi) is 6.64. The van der Waals surface area contributed by atoms with Crippen molar-refractivity contribution in [1.82, 2.24) is 10.2 Å². The molecule has 2 aromatic carbocycles. The Morgan fingerprint density at radius 3 is 2.38 bits per heavy atom. The summed E-state index contributed by atoms with van der Waals surface area (Å²) in [7, 11) is 1.66. The van der Waals surface area contributed by atoms with Gasteiger partial charge in [0.25, 0.3) is 0 Å².